The molecule has 0 spiro atoms. The maximum atomic E-state index is 14.9. The second-order valence-electron chi connectivity index (χ2n) is 10.6. The molecule has 2 atom stereocenters. The Morgan fingerprint density at radius 3 is 2.53 bits per heavy atom. The molecule has 1 saturated carbocycles. The van der Waals surface area contributed by atoms with Gasteiger partial charge >= 0.3 is 5.97 Å². The van der Waals surface area contributed by atoms with Crippen LogP contribution in [-0.2, 0) is 4.79 Å². The Labute approximate surface area is 200 Å². The smallest absolute Gasteiger partial charge is 0.308 e. The standard InChI is InChI=1S/C27H34FN3O3/c1-16(2)33-21-9-7-19(8-10-21)29-26-30-23-13-25(34-18(4)32)22(28)12-24(23)31(26)20-11-17(3)14-27(5,6)15-20/h7-10,12-13,16-17,20H,11,14-15H2,1-6H3,(H,29,30)/t17-,20+/m0/s1. The molecule has 0 saturated heterocycles. The van der Waals surface area contributed by atoms with Gasteiger partial charge in [0.1, 0.15) is 5.75 Å². The van der Waals surface area contributed by atoms with Gasteiger partial charge in [-0.2, -0.15) is 0 Å². The molecule has 1 heterocycles. The highest BCUT2D eigenvalue weighted by Gasteiger charge is 2.35. The minimum atomic E-state index is -0.575. The lowest BCUT2D eigenvalue weighted by molar-refractivity contribution is -0.132. The molecule has 1 fully saturated rings. The van der Waals surface area contributed by atoms with Crippen LogP contribution in [-0.4, -0.2) is 21.6 Å². The van der Waals surface area contributed by atoms with Crippen LogP contribution in [0.15, 0.2) is 36.4 Å². The number of fused-ring (bicyclic) bond motifs is 1. The molecule has 0 aliphatic heterocycles. The van der Waals surface area contributed by atoms with Crippen molar-refractivity contribution in [1.82, 2.24) is 9.55 Å². The summed E-state index contributed by atoms with van der Waals surface area (Å²) in [5.41, 5.74) is 2.29. The fourth-order valence-electron chi connectivity index (χ4n) is 5.30. The van der Waals surface area contributed by atoms with Gasteiger partial charge in [-0.3, -0.25) is 4.79 Å². The first-order chi connectivity index (χ1) is 16.0. The average Bonchev–Trinajstić information content (AvgIpc) is 3.04. The number of rotatable bonds is 6. The van der Waals surface area contributed by atoms with Crippen molar-refractivity contribution in [3.63, 3.8) is 0 Å². The molecule has 7 heteroatoms. The van der Waals surface area contributed by atoms with E-state index >= 15 is 0 Å². The second-order valence-corrected chi connectivity index (χ2v) is 10.6. The van der Waals surface area contributed by atoms with E-state index in [-0.39, 0.29) is 23.3 Å². The quantitative estimate of drug-likeness (QED) is 0.312. The fraction of sp³-hybridized carbons (Fsp3) is 0.481. The van der Waals surface area contributed by atoms with Gasteiger partial charge in [0, 0.05) is 30.8 Å². The molecule has 4 rings (SSSR count). The highest BCUT2D eigenvalue weighted by Crippen LogP contribution is 2.46. The second kappa shape index (κ2) is 9.28. The van der Waals surface area contributed by atoms with Crippen molar-refractivity contribution in [3.05, 3.63) is 42.2 Å². The molecule has 1 aliphatic carbocycles. The van der Waals surface area contributed by atoms with E-state index in [1.54, 1.807) is 0 Å². The van der Waals surface area contributed by atoms with Crippen molar-refractivity contribution in [3.8, 4) is 11.5 Å². The molecule has 0 amide bonds. The number of hydrogen-bond donors (Lipinski definition) is 1. The number of nitrogens with one attached hydrogen (secondary N) is 1. The van der Waals surface area contributed by atoms with E-state index in [2.05, 4.69) is 30.7 Å². The van der Waals surface area contributed by atoms with E-state index in [9.17, 15) is 9.18 Å². The molecule has 0 radical (unpaired) electrons. The third-order valence-corrected chi connectivity index (χ3v) is 6.21. The number of aromatic nitrogens is 2. The largest absolute Gasteiger partial charge is 0.491 e. The summed E-state index contributed by atoms with van der Waals surface area (Å²) in [5, 5.41) is 3.43. The molecule has 2 aromatic carbocycles. The zero-order chi connectivity index (χ0) is 24.6. The Hall–Kier alpha value is -3.09. The van der Waals surface area contributed by atoms with E-state index < -0.39 is 11.8 Å². The molecule has 0 unspecified atom stereocenters. The van der Waals surface area contributed by atoms with Gasteiger partial charge in [0.25, 0.3) is 0 Å². The van der Waals surface area contributed by atoms with Crippen LogP contribution in [0.3, 0.4) is 0 Å². The minimum absolute atomic E-state index is 0.0981. The summed E-state index contributed by atoms with van der Waals surface area (Å²) in [6.45, 7) is 12.1. The van der Waals surface area contributed by atoms with Gasteiger partial charge in [-0.15, -0.1) is 0 Å². The lowest BCUT2D eigenvalue weighted by atomic mass is 9.70. The van der Waals surface area contributed by atoms with E-state index in [0.29, 0.717) is 22.9 Å². The topological polar surface area (TPSA) is 65.4 Å². The Balaban J connectivity index is 1.77. The Morgan fingerprint density at radius 1 is 1.21 bits per heavy atom. The molecule has 6 nitrogen and oxygen atoms in total. The minimum Gasteiger partial charge on any atom is -0.491 e. The predicted molar refractivity (Wildman–Crippen MR) is 132 cm³/mol. The van der Waals surface area contributed by atoms with Gasteiger partial charge in [0.05, 0.1) is 17.1 Å². The molecule has 182 valence electrons. The molecule has 34 heavy (non-hydrogen) atoms. The Kier molecular flexibility index (Phi) is 6.56. The number of imidazole rings is 1. The molecule has 1 aliphatic rings. The number of anilines is 2. The molecular formula is C27H34FN3O3. The van der Waals surface area contributed by atoms with Crippen molar-refractivity contribution < 1.29 is 18.7 Å². The van der Waals surface area contributed by atoms with Crippen molar-refractivity contribution in [2.75, 3.05) is 5.32 Å². The van der Waals surface area contributed by atoms with Crippen molar-refractivity contribution >= 4 is 28.6 Å². The van der Waals surface area contributed by atoms with Crippen molar-refractivity contribution in [2.24, 2.45) is 11.3 Å². The lowest BCUT2D eigenvalue weighted by Gasteiger charge is -2.40. The normalized spacial score (nSPS) is 19.9. The maximum Gasteiger partial charge on any atom is 0.308 e. The number of carbonyl (C=O) groups is 1. The van der Waals surface area contributed by atoms with Crippen molar-refractivity contribution in [2.45, 2.75) is 73.0 Å². The predicted octanol–water partition coefficient (Wildman–Crippen LogP) is 7.02. The highest BCUT2D eigenvalue weighted by molar-refractivity contribution is 5.83. The summed E-state index contributed by atoms with van der Waals surface area (Å²) >= 11 is 0. The summed E-state index contributed by atoms with van der Waals surface area (Å²) in [6, 6.07) is 10.8. The van der Waals surface area contributed by atoms with Crippen LogP contribution in [0.5, 0.6) is 11.5 Å². The van der Waals surface area contributed by atoms with Crippen LogP contribution in [0.25, 0.3) is 11.0 Å². The van der Waals surface area contributed by atoms with Crippen molar-refractivity contribution in [1.29, 1.82) is 0 Å². The Bertz CT molecular complexity index is 1180. The first kappa shape index (κ1) is 24.0. The third kappa shape index (κ3) is 5.34. The van der Waals surface area contributed by atoms with Crippen LogP contribution in [0.2, 0.25) is 0 Å². The summed E-state index contributed by atoms with van der Waals surface area (Å²) in [5.74, 6) is 0.725. The number of carbonyl (C=O) groups excluding carboxylic acids is 1. The SMILES string of the molecule is CC(=O)Oc1cc2nc(Nc3ccc(OC(C)C)cc3)n([C@@H]3C[C@H](C)CC(C)(C)C3)c2cc1F. The van der Waals surface area contributed by atoms with E-state index in [0.717, 1.165) is 30.7 Å². The lowest BCUT2D eigenvalue weighted by Crippen LogP contribution is -2.29. The van der Waals surface area contributed by atoms with Gasteiger partial charge in [-0.05, 0) is 68.7 Å². The molecule has 1 aromatic heterocycles. The molecular weight excluding hydrogens is 433 g/mol. The number of benzene rings is 2. The van der Waals surface area contributed by atoms with Gasteiger partial charge in [0.2, 0.25) is 5.95 Å². The maximum absolute atomic E-state index is 14.9. The number of ether oxygens (including phenoxy) is 2. The zero-order valence-corrected chi connectivity index (χ0v) is 20.8. The molecule has 0 bridgehead atoms. The van der Waals surface area contributed by atoms with E-state index in [1.807, 2.05) is 38.1 Å². The number of hydrogen-bond acceptors (Lipinski definition) is 5. The summed E-state index contributed by atoms with van der Waals surface area (Å²) < 4.78 is 27.8. The van der Waals surface area contributed by atoms with Crippen LogP contribution in [0.4, 0.5) is 16.0 Å². The summed E-state index contributed by atoms with van der Waals surface area (Å²) in [4.78, 5) is 16.2. The van der Waals surface area contributed by atoms with Crippen LogP contribution < -0.4 is 14.8 Å². The van der Waals surface area contributed by atoms with Gasteiger partial charge in [-0.25, -0.2) is 9.37 Å². The average molecular weight is 468 g/mol. The number of halogens is 1. The number of nitrogens with zero attached hydrogens (tertiary/aromatic N) is 2. The first-order valence-electron chi connectivity index (χ1n) is 11.9. The number of esters is 1. The van der Waals surface area contributed by atoms with Crippen LogP contribution >= 0.6 is 0 Å². The monoisotopic (exact) mass is 467 g/mol. The van der Waals surface area contributed by atoms with E-state index in [4.69, 9.17) is 14.5 Å². The zero-order valence-electron chi connectivity index (χ0n) is 20.8. The Morgan fingerprint density at radius 2 is 1.91 bits per heavy atom. The van der Waals surface area contributed by atoms with Gasteiger partial charge < -0.3 is 19.4 Å². The molecule has 1 N–H and O–H groups in total. The van der Waals surface area contributed by atoms with Crippen LogP contribution in [0, 0.1) is 17.2 Å². The molecule has 3 aromatic rings. The first-order valence-corrected chi connectivity index (χ1v) is 11.9. The highest BCUT2D eigenvalue weighted by atomic mass is 19.1. The summed E-state index contributed by atoms with van der Waals surface area (Å²) in [6.07, 6.45) is 3.20. The van der Waals surface area contributed by atoms with Gasteiger partial charge in [0.15, 0.2) is 11.6 Å². The van der Waals surface area contributed by atoms with Crippen LogP contribution in [0.1, 0.15) is 66.8 Å². The van der Waals surface area contributed by atoms with E-state index in [1.165, 1.54) is 19.1 Å². The third-order valence-electron chi connectivity index (χ3n) is 6.21. The summed E-state index contributed by atoms with van der Waals surface area (Å²) in [7, 11) is 0. The fourth-order valence-corrected chi connectivity index (χ4v) is 5.30. The van der Waals surface area contributed by atoms with Gasteiger partial charge in [-0.1, -0.05) is 20.8 Å².